The molecule has 2 amide bonds. The van der Waals surface area contributed by atoms with Crippen molar-refractivity contribution in [2.75, 3.05) is 19.6 Å². The average molecular weight is 330 g/mol. The number of nitrogens with one attached hydrogen (secondary N) is 2. The van der Waals surface area contributed by atoms with Crippen LogP contribution in [0.3, 0.4) is 0 Å². The summed E-state index contributed by atoms with van der Waals surface area (Å²) < 4.78 is 4.93. The van der Waals surface area contributed by atoms with Crippen LogP contribution in [-0.2, 0) is 0 Å². The number of H-pyrrole nitrogens is 1. The lowest BCUT2D eigenvalue weighted by Crippen LogP contribution is -2.33. The second-order valence-electron chi connectivity index (χ2n) is 5.84. The van der Waals surface area contributed by atoms with Crippen LogP contribution in [0.5, 0.6) is 0 Å². The van der Waals surface area contributed by atoms with Crippen molar-refractivity contribution in [3.63, 3.8) is 0 Å². The van der Waals surface area contributed by atoms with E-state index in [9.17, 15) is 14.4 Å². The van der Waals surface area contributed by atoms with Crippen LogP contribution in [0.25, 0.3) is 0 Å². The molecular weight excluding hydrogens is 312 g/mol. The summed E-state index contributed by atoms with van der Waals surface area (Å²) in [5, 5.41) is 2.78. The molecule has 126 valence electrons. The van der Waals surface area contributed by atoms with Gasteiger partial charge in [0.05, 0.1) is 11.8 Å². The Morgan fingerprint density at radius 1 is 1.50 bits per heavy atom. The molecule has 0 unspecified atom stereocenters. The van der Waals surface area contributed by atoms with Crippen LogP contribution in [0, 0.1) is 12.8 Å². The molecule has 2 aromatic rings. The van der Waals surface area contributed by atoms with Crippen LogP contribution < -0.4 is 10.9 Å². The molecule has 0 spiro atoms. The van der Waals surface area contributed by atoms with E-state index in [0.29, 0.717) is 31.0 Å². The van der Waals surface area contributed by atoms with Crippen molar-refractivity contribution in [2.45, 2.75) is 13.3 Å². The molecule has 8 nitrogen and oxygen atoms in total. The van der Waals surface area contributed by atoms with Gasteiger partial charge in [0.1, 0.15) is 17.8 Å². The summed E-state index contributed by atoms with van der Waals surface area (Å²) in [6.45, 7) is 3.27. The molecular formula is C16H18N4O4. The highest BCUT2D eigenvalue weighted by molar-refractivity contribution is 5.94. The fourth-order valence-corrected chi connectivity index (χ4v) is 2.78. The Bertz CT molecular complexity index is 797. The first-order valence-corrected chi connectivity index (χ1v) is 7.70. The summed E-state index contributed by atoms with van der Waals surface area (Å²) in [5.74, 6) is 0.117. The summed E-state index contributed by atoms with van der Waals surface area (Å²) in [5.41, 5.74) is 0.272. The third-order valence-corrected chi connectivity index (χ3v) is 3.99. The topological polar surface area (TPSA) is 108 Å². The lowest BCUT2D eigenvalue weighted by atomic mass is 10.1. The molecule has 0 saturated carbocycles. The molecule has 1 saturated heterocycles. The first-order chi connectivity index (χ1) is 11.5. The van der Waals surface area contributed by atoms with Crippen molar-refractivity contribution in [3.8, 4) is 0 Å². The van der Waals surface area contributed by atoms with Crippen molar-refractivity contribution in [1.29, 1.82) is 0 Å². The highest BCUT2D eigenvalue weighted by Crippen LogP contribution is 2.18. The van der Waals surface area contributed by atoms with Gasteiger partial charge >= 0.3 is 0 Å². The number of rotatable bonds is 4. The Kier molecular flexibility index (Phi) is 4.45. The molecule has 2 aromatic heterocycles. The molecule has 24 heavy (non-hydrogen) atoms. The Morgan fingerprint density at radius 3 is 3.04 bits per heavy atom. The lowest BCUT2D eigenvalue weighted by molar-refractivity contribution is 0.0786. The minimum absolute atomic E-state index is 0.0653. The number of aromatic nitrogens is 2. The van der Waals surface area contributed by atoms with Crippen molar-refractivity contribution in [2.24, 2.45) is 5.92 Å². The Hall–Kier alpha value is -2.90. The van der Waals surface area contributed by atoms with Gasteiger partial charge in [-0.1, -0.05) is 0 Å². The molecule has 1 aliphatic heterocycles. The maximum Gasteiger partial charge on any atom is 0.270 e. The predicted molar refractivity (Wildman–Crippen MR) is 84.6 cm³/mol. The maximum atomic E-state index is 12.2. The van der Waals surface area contributed by atoms with Gasteiger partial charge < -0.3 is 19.6 Å². The highest BCUT2D eigenvalue weighted by Gasteiger charge is 2.27. The number of nitrogens with zero attached hydrogens (tertiary/aromatic N) is 2. The molecule has 0 radical (unpaired) electrons. The normalized spacial score (nSPS) is 17.0. The fourth-order valence-electron chi connectivity index (χ4n) is 2.78. The summed E-state index contributed by atoms with van der Waals surface area (Å²) in [6, 6.07) is 2.81. The van der Waals surface area contributed by atoms with Gasteiger partial charge in [-0.3, -0.25) is 14.4 Å². The number of hydrogen-bond acceptors (Lipinski definition) is 5. The molecule has 8 heteroatoms. The molecule has 2 N–H and O–H groups in total. The van der Waals surface area contributed by atoms with E-state index < -0.39 is 0 Å². The Morgan fingerprint density at radius 2 is 2.33 bits per heavy atom. The average Bonchev–Trinajstić information content (AvgIpc) is 3.22. The monoisotopic (exact) mass is 330 g/mol. The third-order valence-electron chi connectivity index (χ3n) is 3.99. The van der Waals surface area contributed by atoms with Crippen molar-refractivity contribution >= 4 is 11.8 Å². The molecule has 3 rings (SSSR count). The van der Waals surface area contributed by atoms with Gasteiger partial charge in [-0.25, -0.2) is 4.98 Å². The zero-order valence-electron chi connectivity index (χ0n) is 13.2. The standard InChI is InChI=1S/C16H18N4O4/c1-10-18-13(6-14(21)19-10)15(22)17-7-11-2-4-20(8-11)16(23)12-3-5-24-9-12/h3,5-6,9,11H,2,4,7-8H2,1H3,(H,17,22)(H,18,19,21)/t11-/m1/s1. The first-order valence-electron chi connectivity index (χ1n) is 7.70. The van der Waals surface area contributed by atoms with Crippen LogP contribution in [0.4, 0.5) is 0 Å². The maximum absolute atomic E-state index is 12.2. The van der Waals surface area contributed by atoms with E-state index in [4.69, 9.17) is 4.42 Å². The number of amides is 2. The minimum Gasteiger partial charge on any atom is -0.472 e. The van der Waals surface area contributed by atoms with Gasteiger partial charge in [-0.05, 0) is 25.3 Å². The van der Waals surface area contributed by atoms with Crippen molar-refractivity contribution in [1.82, 2.24) is 20.2 Å². The zero-order valence-corrected chi connectivity index (χ0v) is 13.2. The largest absolute Gasteiger partial charge is 0.472 e. The molecule has 0 aromatic carbocycles. The van der Waals surface area contributed by atoms with Gasteiger partial charge in [0, 0.05) is 25.7 Å². The van der Waals surface area contributed by atoms with Crippen molar-refractivity contribution < 1.29 is 14.0 Å². The quantitative estimate of drug-likeness (QED) is 0.852. The van der Waals surface area contributed by atoms with Crippen LogP contribution in [0.15, 0.2) is 33.9 Å². The predicted octanol–water partition coefficient (Wildman–Crippen LogP) is 0.563. The Balaban J connectivity index is 1.53. The molecule has 3 heterocycles. The number of carbonyl (C=O) groups excluding carboxylic acids is 2. The van der Waals surface area contributed by atoms with E-state index in [1.807, 2.05) is 0 Å². The summed E-state index contributed by atoms with van der Waals surface area (Å²) in [6.07, 6.45) is 3.71. The lowest BCUT2D eigenvalue weighted by Gasteiger charge is -2.15. The van der Waals surface area contributed by atoms with Crippen molar-refractivity contribution in [3.05, 3.63) is 52.1 Å². The molecule has 1 atom stereocenters. The van der Waals surface area contributed by atoms with Gasteiger partial charge in [0.15, 0.2) is 0 Å². The van der Waals surface area contributed by atoms with E-state index in [-0.39, 0.29) is 29.0 Å². The summed E-state index contributed by atoms with van der Waals surface area (Å²) in [4.78, 5) is 43.9. The van der Waals surface area contributed by atoms with Gasteiger partial charge in [-0.2, -0.15) is 0 Å². The van der Waals surface area contributed by atoms with Crippen LogP contribution in [-0.4, -0.2) is 46.3 Å². The number of hydrogen-bond donors (Lipinski definition) is 2. The fraction of sp³-hybridized carbons (Fsp3) is 0.375. The molecule has 0 bridgehead atoms. The summed E-state index contributed by atoms with van der Waals surface area (Å²) in [7, 11) is 0. The number of likely N-dealkylation sites (tertiary alicyclic amines) is 1. The van der Waals surface area contributed by atoms with Gasteiger partial charge in [-0.15, -0.1) is 0 Å². The number of aryl methyl sites for hydroxylation is 1. The molecule has 0 aliphatic carbocycles. The van der Waals surface area contributed by atoms with Crippen LogP contribution >= 0.6 is 0 Å². The highest BCUT2D eigenvalue weighted by atomic mass is 16.3. The van der Waals surface area contributed by atoms with E-state index in [2.05, 4.69) is 15.3 Å². The van der Waals surface area contributed by atoms with E-state index in [1.54, 1.807) is 17.9 Å². The third kappa shape index (κ3) is 3.53. The first kappa shape index (κ1) is 16.0. The second-order valence-corrected chi connectivity index (χ2v) is 5.84. The number of carbonyl (C=O) groups is 2. The number of furan rings is 1. The smallest absolute Gasteiger partial charge is 0.270 e. The van der Waals surface area contributed by atoms with E-state index in [0.717, 1.165) is 6.42 Å². The van der Waals surface area contributed by atoms with Crippen LogP contribution in [0.1, 0.15) is 33.1 Å². The van der Waals surface area contributed by atoms with Crippen LogP contribution in [0.2, 0.25) is 0 Å². The van der Waals surface area contributed by atoms with Gasteiger partial charge in [0.2, 0.25) is 0 Å². The molecule has 1 fully saturated rings. The second kappa shape index (κ2) is 6.69. The summed E-state index contributed by atoms with van der Waals surface area (Å²) >= 11 is 0. The van der Waals surface area contributed by atoms with E-state index in [1.165, 1.54) is 18.6 Å². The van der Waals surface area contributed by atoms with Gasteiger partial charge in [0.25, 0.3) is 17.4 Å². The van der Waals surface area contributed by atoms with E-state index >= 15 is 0 Å². The SMILES string of the molecule is Cc1nc(C(=O)NC[C@H]2CCN(C(=O)c3ccoc3)C2)cc(=O)[nH]1. The zero-order chi connectivity index (χ0) is 17.1. The number of aromatic amines is 1. The minimum atomic E-state index is -0.385. The Labute approximate surface area is 137 Å². The molecule has 1 aliphatic rings.